The Hall–Kier alpha value is -0.370. The molecule has 2 nitrogen and oxygen atoms in total. The van der Waals surface area contributed by atoms with E-state index in [2.05, 4.69) is 0 Å². The first-order chi connectivity index (χ1) is 6.68. The van der Waals surface area contributed by atoms with Crippen LogP contribution in [-0.4, -0.2) is 11.3 Å². The maximum atomic E-state index is 11.7. The van der Waals surface area contributed by atoms with Crippen LogP contribution in [0.15, 0.2) is 0 Å². The van der Waals surface area contributed by atoms with Crippen molar-refractivity contribution in [1.29, 1.82) is 0 Å². The quantitative estimate of drug-likeness (QED) is 0.748. The number of Topliss-reactive ketones (excluding diaryl/α,β-unsaturated/α-hetero) is 1. The molecule has 0 heterocycles. The Kier molecular flexibility index (Phi) is 2.91. The lowest BCUT2D eigenvalue weighted by Crippen LogP contribution is -2.48. The molecule has 0 bridgehead atoms. The standard InChI is InChI=1S/C12H21NO/c13-12(6-3-7-12)9-11(14)8-10-4-1-2-5-10/h10H,1-9,13H2. The van der Waals surface area contributed by atoms with Gasteiger partial charge in [-0.2, -0.15) is 0 Å². The first-order valence-electron chi connectivity index (χ1n) is 5.99. The Morgan fingerprint density at radius 2 is 1.86 bits per heavy atom. The molecule has 80 valence electrons. The van der Waals surface area contributed by atoms with E-state index in [1.807, 2.05) is 0 Å². The molecule has 0 aromatic rings. The molecule has 2 heteroatoms. The summed E-state index contributed by atoms with van der Waals surface area (Å²) in [4.78, 5) is 11.7. The second-order valence-electron chi connectivity index (χ2n) is 5.29. The topological polar surface area (TPSA) is 43.1 Å². The van der Waals surface area contributed by atoms with E-state index in [0.29, 0.717) is 18.1 Å². The third kappa shape index (κ3) is 2.35. The summed E-state index contributed by atoms with van der Waals surface area (Å²) in [5, 5.41) is 0. The normalized spacial score (nSPS) is 26.1. The fraction of sp³-hybridized carbons (Fsp3) is 0.917. The first kappa shape index (κ1) is 10.2. The van der Waals surface area contributed by atoms with E-state index < -0.39 is 0 Å². The summed E-state index contributed by atoms with van der Waals surface area (Å²) in [5.74, 6) is 1.10. The second-order valence-corrected chi connectivity index (χ2v) is 5.29. The molecule has 0 unspecified atom stereocenters. The summed E-state index contributed by atoms with van der Waals surface area (Å²) in [6, 6.07) is 0. The van der Waals surface area contributed by atoms with Crippen LogP contribution in [0, 0.1) is 5.92 Å². The summed E-state index contributed by atoms with van der Waals surface area (Å²) in [6.07, 6.45) is 9.96. The van der Waals surface area contributed by atoms with Gasteiger partial charge in [-0.3, -0.25) is 4.79 Å². The number of nitrogens with two attached hydrogens (primary N) is 1. The highest BCUT2D eigenvalue weighted by molar-refractivity contribution is 5.80. The van der Waals surface area contributed by atoms with Crippen molar-refractivity contribution in [3.63, 3.8) is 0 Å². The first-order valence-corrected chi connectivity index (χ1v) is 5.99. The van der Waals surface area contributed by atoms with Crippen molar-refractivity contribution in [2.24, 2.45) is 11.7 Å². The maximum absolute atomic E-state index is 11.7. The number of ketones is 1. The summed E-state index contributed by atoms with van der Waals surface area (Å²) in [6.45, 7) is 0. The van der Waals surface area contributed by atoms with Gasteiger partial charge in [0.1, 0.15) is 5.78 Å². The Bertz CT molecular complexity index is 214. The average Bonchev–Trinajstić information content (AvgIpc) is 2.53. The monoisotopic (exact) mass is 195 g/mol. The Morgan fingerprint density at radius 1 is 1.21 bits per heavy atom. The van der Waals surface area contributed by atoms with E-state index in [1.165, 1.54) is 32.1 Å². The smallest absolute Gasteiger partial charge is 0.135 e. The molecule has 0 aromatic carbocycles. The van der Waals surface area contributed by atoms with Gasteiger partial charge in [-0.05, 0) is 25.2 Å². The van der Waals surface area contributed by atoms with Crippen molar-refractivity contribution in [1.82, 2.24) is 0 Å². The number of hydrogen-bond donors (Lipinski definition) is 1. The third-order valence-corrected chi connectivity index (χ3v) is 3.89. The fourth-order valence-corrected chi connectivity index (χ4v) is 2.81. The van der Waals surface area contributed by atoms with Gasteiger partial charge in [-0.15, -0.1) is 0 Å². The van der Waals surface area contributed by atoms with Gasteiger partial charge in [0.2, 0.25) is 0 Å². The van der Waals surface area contributed by atoms with E-state index in [4.69, 9.17) is 5.73 Å². The molecule has 0 radical (unpaired) electrons. The van der Waals surface area contributed by atoms with Crippen LogP contribution in [0.25, 0.3) is 0 Å². The van der Waals surface area contributed by atoms with Gasteiger partial charge in [0.25, 0.3) is 0 Å². The molecular weight excluding hydrogens is 174 g/mol. The molecule has 0 aromatic heterocycles. The van der Waals surface area contributed by atoms with Crippen molar-refractivity contribution < 1.29 is 4.79 Å². The number of carbonyl (C=O) groups is 1. The molecule has 2 rings (SSSR count). The zero-order valence-corrected chi connectivity index (χ0v) is 8.93. The van der Waals surface area contributed by atoms with Gasteiger partial charge in [-0.1, -0.05) is 25.7 Å². The van der Waals surface area contributed by atoms with Crippen LogP contribution >= 0.6 is 0 Å². The number of hydrogen-bond acceptors (Lipinski definition) is 2. The predicted molar refractivity (Wildman–Crippen MR) is 57.0 cm³/mol. The molecule has 0 aliphatic heterocycles. The van der Waals surface area contributed by atoms with Crippen LogP contribution in [0.4, 0.5) is 0 Å². The minimum Gasteiger partial charge on any atom is -0.325 e. The van der Waals surface area contributed by atoms with Crippen LogP contribution in [-0.2, 0) is 4.79 Å². The van der Waals surface area contributed by atoms with E-state index in [1.54, 1.807) is 0 Å². The predicted octanol–water partition coefficient (Wildman–Crippen LogP) is 2.41. The highest BCUT2D eigenvalue weighted by atomic mass is 16.1. The van der Waals surface area contributed by atoms with Crippen molar-refractivity contribution in [3.05, 3.63) is 0 Å². The lowest BCUT2D eigenvalue weighted by molar-refractivity contribution is -0.121. The lowest BCUT2D eigenvalue weighted by Gasteiger charge is -2.37. The van der Waals surface area contributed by atoms with E-state index in [-0.39, 0.29) is 5.54 Å². The van der Waals surface area contributed by atoms with Crippen molar-refractivity contribution in [2.45, 2.75) is 63.3 Å². The molecule has 2 aliphatic rings. The minimum absolute atomic E-state index is 0.102. The van der Waals surface area contributed by atoms with Gasteiger partial charge in [-0.25, -0.2) is 0 Å². The molecule has 2 saturated carbocycles. The van der Waals surface area contributed by atoms with Crippen LogP contribution in [0.5, 0.6) is 0 Å². The molecule has 2 fully saturated rings. The van der Waals surface area contributed by atoms with E-state index >= 15 is 0 Å². The summed E-state index contributed by atoms with van der Waals surface area (Å²) in [5.41, 5.74) is 5.96. The third-order valence-electron chi connectivity index (χ3n) is 3.89. The highest BCUT2D eigenvalue weighted by Crippen LogP contribution is 2.34. The zero-order chi connectivity index (χ0) is 10.0. The summed E-state index contributed by atoms with van der Waals surface area (Å²) < 4.78 is 0. The molecule has 2 N–H and O–H groups in total. The van der Waals surface area contributed by atoms with Crippen LogP contribution in [0.3, 0.4) is 0 Å². The maximum Gasteiger partial charge on any atom is 0.135 e. The van der Waals surface area contributed by atoms with E-state index in [9.17, 15) is 4.79 Å². The van der Waals surface area contributed by atoms with Crippen molar-refractivity contribution >= 4 is 5.78 Å². The van der Waals surface area contributed by atoms with Crippen LogP contribution in [0.1, 0.15) is 57.8 Å². The van der Waals surface area contributed by atoms with Gasteiger partial charge < -0.3 is 5.73 Å². The molecular formula is C12H21NO. The van der Waals surface area contributed by atoms with Crippen molar-refractivity contribution in [2.75, 3.05) is 0 Å². The number of rotatable bonds is 4. The number of carbonyl (C=O) groups excluding carboxylic acids is 1. The molecule has 0 amide bonds. The van der Waals surface area contributed by atoms with Crippen LogP contribution in [0.2, 0.25) is 0 Å². The van der Waals surface area contributed by atoms with Gasteiger partial charge in [0, 0.05) is 18.4 Å². The van der Waals surface area contributed by atoms with Gasteiger partial charge in [0.05, 0.1) is 0 Å². The van der Waals surface area contributed by atoms with Crippen molar-refractivity contribution in [3.8, 4) is 0 Å². The summed E-state index contributed by atoms with van der Waals surface area (Å²) in [7, 11) is 0. The van der Waals surface area contributed by atoms with E-state index in [0.717, 1.165) is 19.3 Å². The van der Waals surface area contributed by atoms with Gasteiger partial charge in [0.15, 0.2) is 0 Å². The summed E-state index contributed by atoms with van der Waals surface area (Å²) >= 11 is 0. The SMILES string of the molecule is NC1(CC(=O)CC2CCCC2)CCC1. The molecule has 0 spiro atoms. The second kappa shape index (κ2) is 4.01. The Morgan fingerprint density at radius 3 is 2.36 bits per heavy atom. The average molecular weight is 195 g/mol. The minimum atomic E-state index is -0.102. The molecule has 2 aliphatic carbocycles. The Balaban J connectivity index is 1.72. The molecule has 0 saturated heterocycles. The molecule has 14 heavy (non-hydrogen) atoms. The zero-order valence-electron chi connectivity index (χ0n) is 8.93. The highest BCUT2D eigenvalue weighted by Gasteiger charge is 2.35. The van der Waals surface area contributed by atoms with Crippen LogP contribution < -0.4 is 5.73 Å². The fourth-order valence-electron chi connectivity index (χ4n) is 2.81. The lowest BCUT2D eigenvalue weighted by atomic mass is 9.73. The largest absolute Gasteiger partial charge is 0.325 e. The van der Waals surface area contributed by atoms with Gasteiger partial charge >= 0.3 is 0 Å². The Labute approximate surface area is 86.2 Å². The molecule has 0 atom stereocenters.